The Morgan fingerprint density at radius 3 is 2.43 bits per heavy atom. The number of benzene rings is 1. The number of carbonyl (C=O) groups excluding carboxylic acids is 1. The molecule has 0 radical (unpaired) electrons. The predicted octanol–water partition coefficient (Wildman–Crippen LogP) is 1.04. The largest absolute Gasteiger partial charge is 0.471 e. The van der Waals surface area contributed by atoms with E-state index in [-0.39, 0.29) is 56.0 Å². The fraction of sp³-hybridized carbons (Fsp3) is 0.438. The number of hydrogen-bond donors (Lipinski definition) is 4. The highest BCUT2D eigenvalue weighted by atomic mass is 19.4. The summed E-state index contributed by atoms with van der Waals surface area (Å²) in [5.41, 5.74) is 0.373. The molecular formula is C16H20F3N6O5+. The molecule has 0 aliphatic rings. The van der Waals surface area contributed by atoms with E-state index in [0.29, 0.717) is 9.27 Å². The summed E-state index contributed by atoms with van der Waals surface area (Å²) in [6.07, 6.45) is -5.99. The van der Waals surface area contributed by atoms with E-state index in [0.717, 1.165) is 4.90 Å². The van der Waals surface area contributed by atoms with Gasteiger partial charge in [-0.2, -0.15) is 13.2 Å². The Balaban J connectivity index is 1.82. The van der Waals surface area contributed by atoms with Gasteiger partial charge in [-0.3, -0.25) is 4.79 Å². The second kappa shape index (κ2) is 9.76. The summed E-state index contributed by atoms with van der Waals surface area (Å²) >= 11 is 0. The van der Waals surface area contributed by atoms with Crippen LogP contribution >= 0.6 is 0 Å². The fourth-order valence-corrected chi connectivity index (χ4v) is 2.56. The molecule has 11 nitrogen and oxygen atoms in total. The van der Waals surface area contributed by atoms with Crippen molar-refractivity contribution in [3.05, 3.63) is 29.2 Å². The van der Waals surface area contributed by atoms with Crippen LogP contribution in [0.3, 0.4) is 0 Å². The molecule has 0 bridgehead atoms. The number of rotatable bonds is 9. The van der Waals surface area contributed by atoms with Crippen molar-refractivity contribution in [1.29, 1.82) is 0 Å². The van der Waals surface area contributed by atoms with Gasteiger partial charge in [0.05, 0.1) is 10.0 Å². The number of amides is 2. The van der Waals surface area contributed by atoms with E-state index in [1.807, 2.05) is 0 Å². The van der Waals surface area contributed by atoms with E-state index in [1.165, 1.54) is 12.1 Å². The van der Waals surface area contributed by atoms with Crippen LogP contribution in [0.25, 0.3) is 11.0 Å². The first-order valence-electron chi connectivity index (χ1n) is 8.82. The van der Waals surface area contributed by atoms with E-state index in [9.17, 15) is 32.9 Å². The minimum atomic E-state index is -4.99. The van der Waals surface area contributed by atoms with Crippen molar-refractivity contribution in [3.63, 3.8) is 0 Å². The molecule has 30 heavy (non-hydrogen) atoms. The molecule has 1 aromatic carbocycles. The van der Waals surface area contributed by atoms with Crippen molar-refractivity contribution in [2.45, 2.75) is 19.0 Å². The number of nitrogens with one attached hydrogen (secondary N) is 2. The number of halogens is 3. The lowest BCUT2D eigenvalue weighted by Gasteiger charge is -2.19. The van der Waals surface area contributed by atoms with Gasteiger partial charge in [-0.05, 0) is 18.9 Å². The normalized spacial score (nSPS) is 11.3. The highest BCUT2D eigenvalue weighted by molar-refractivity contribution is 5.81. The van der Waals surface area contributed by atoms with E-state index in [1.54, 1.807) is 17.4 Å². The maximum Gasteiger partial charge on any atom is 0.471 e. The quantitative estimate of drug-likeness (QED) is 0.263. The highest BCUT2D eigenvalue weighted by Gasteiger charge is 2.38. The lowest BCUT2D eigenvalue weighted by molar-refractivity contribution is -0.535. The molecule has 0 saturated carbocycles. The lowest BCUT2D eigenvalue weighted by Crippen LogP contribution is -2.39. The summed E-state index contributed by atoms with van der Waals surface area (Å²) in [7, 11) is 0. The zero-order valence-corrected chi connectivity index (χ0v) is 15.6. The van der Waals surface area contributed by atoms with Gasteiger partial charge in [-0.15, -0.1) is 4.73 Å². The second-order valence-corrected chi connectivity index (χ2v) is 6.15. The van der Waals surface area contributed by atoms with Crippen LogP contribution in [0.4, 0.5) is 23.9 Å². The summed E-state index contributed by atoms with van der Waals surface area (Å²) in [5.74, 6) is -2.22. The Kier molecular flexibility index (Phi) is 7.38. The van der Waals surface area contributed by atoms with Crippen molar-refractivity contribution >= 4 is 29.0 Å². The molecule has 0 aliphatic heterocycles. The number of hydrogen-bond acceptors (Lipinski definition) is 6. The van der Waals surface area contributed by atoms with Gasteiger partial charge in [0.25, 0.3) is 0 Å². The first-order chi connectivity index (χ1) is 14.1. The van der Waals surface area contributed by atoms with Crippen molar-refractivity contribution in [1.82, 2.24) is 20.0 Å². The molecule has 0 fully saturated rings. The van der Waals surface area contributed by atoms with E-state index in [2.05, 4.69) is 10.4 Å². The summed E-state index contributed by atoms with van der Waals surface area (Å²) in [6.45, 7) is -0.218. The number of para-hydroxylation sites is 2. The van der Waals surface area contributed by atoms with Crippen LogP contribution in [-0.2, 0) is 4.79 Å². The smallest absolute Gasteiger partial charge is 0.465 e. The fourth-order valence-electron chi connectivity index (χ4n) is 2.56. The van der Waals surface area contributed by atoms with E-state index < -0.39 is 18.2 Å². The van der Waals surface area contributed by atoms with Gasteiger partial charge in [0.1, 0.15) is 0 Å². The van der Waals surface area contributed by atoms with Gasteiger partial charge >= 0.3 is 29.6 Å². The second-order valence-electron chi connectivity index (χ2n) is 6.15. The third kappa shape index (κ3) is 5.96. The molecule has 1 aromatic heterocycles. The number of nitrogens with zero attached hydrogens (tertiary/aromatic N) is 4. The Bertz CT molecular complexity index is 965. The lowest BCUT2D eigenvalue weighted by atomic mass is 10.3. The maximum absolute atomic E-state index is 12.1. The van der Waals surface area contributed by atoms with Gasteiger partial charge < -0.3 is 25.8 Å². The van der Waals surface area contributed by atoms with Crippen molar-refractivity contribution in [2.75, 3.05) is 31.5 Å². The Labute approximate surface area is 167 Å². The Morgan fingerprint density at radius 1 is 1.17 bits per heavy atom. The molecule has 0 atom stereocenters. The molecule has 0 saturated heterocycles. The van der Waals surface area contributed by atoms with Crippen molar-refractivity contribution in [2.24, 2.45) is 0 Å². The van der Waals surface area contributed by atoms with Crippen LogP contribution in [0.5, 0.6) is 0 Å². The molecule has 4 N–H and O–H groups in total. The van der Waals surface area contributed by atoms with Gasteiger partial charge in [-0.1, -0.05) is 12.1 Å². The molecule has 14 heteroatoms. The van der Waals surface area contributed by atoms with E-state index >= 15 is 0 Å². The van der Waals surface area contributed by atoms with Gasteiger partial charge in [-0.25, -0.2) is 4.79 Å². The van der Waals surface area contributed by atoms with E-state index in [4.69, 9.17) is 5.11 Å². The summed E-state index contributed by atoms with van der Waals surface area (Å²) < 4.78 is 37.3. The third-order valence-corrected chi connectivity index (χ3v) is 4.01. The monoisotopic (exact) mass is 433 g/mol. The number of fused-ring (bicyclic) bond motifs is 1. The topological polar surface area (TPSA) is 143 Å². The third-order valence-electron chi connectivity index (χ3n) is 4.01. The molecule has 0 unspecified atom stereocenters. The number of carbonyl (C=O) groups is 2. The van der Waals surface area contributed by atoms with Crippen LogP contribution < -0.4 is 15.2 Å². The summed E-state index contributed by atoms with van der Waals surface area (Å²) in [6, 6.07) is 6.23. The Hall–Kier alpha value is -3.58. The zero-order valence-electron chi connectivity index (χ0n) is 15.6. The number of anilines is 1. The van der Waals surface area contributed by atoms with Crippen LogP contribution in [0, 0.1) is 4.91 Å². The maximum atomic E-state index is 12.1. The minimum absolute atomic E-state index is 0.000596. The Morgan fingerprint density at radius 2 is 1.80 bits per heavy atom. The molecule has 2 rings (SSSR count). The highest BCUT2D eigenvalue weighted by Crippen LogP contribution is 2.14. The zero-order chi connectivity index (χ0) is 22.3. The van der Waals surface area contributed by atoms with Crippen LogP contribution in [0.15, 0.2) is 24.3 Å². The molecular weight excluding hydrogens is 413 g/mol. The van der Waals surface area contributed by atoms with Gasteiger partial charge in [0.15, 0.2) is 10.1 Å². The first-order valence-corrected chi connectivity index (χ1v) is 8.82. The standard InChI is InChI=1S/C16H19F3N6O5/c17-16(18,19)13(26)20-7-3-9-23(15(27)28)10-4-8-21-14-22-25(30)12-6-2-1-5-11(12)24(14)29/h1-2,5-6,29H,3-4,7-10H2,(H2-,20,21,22,26,27,28,30)/p+1. The molecule has 2 amide bonds. The predicted molar refractivity (Wildman–Crippen MR) is 96.7 cm³/mol. The van der Waals surface area contributed by atoms with Crippen molar-refractivity contribution in [3.8, 4) is 0 Å². The molecule has 0 aliphatic carbocycles. The van der Waals surface area contributed by atoms with Crippen LogP contribution in [0.1, 0.15) is 12.8 Å². The SMILES string of the molecule is O=C(O)N(CCCNC(=O)C(F)(F)F)CCCNc1n[n+](=O)c2ccccc2n1O. The molecule has 1 heterocycles. The van der Waals surface area contributed by atoms with Crippen molar-refractivity contribution < 1.29 is 37.6 Å². The number of alkyl halides is 3. The van der Waals surface area contributed by atoms with Crippen LogP contribution in [0.2, 0.25) is 0 Å². The average Bonchev–Trinajstić information content (AvgIpc) is 2.69. The molecule has 2 aromatic rings. The number of carboxylic acid groups (broad SMARTS) is 1. The van der Waals surface area contributed by atoms with Crippen LogP contribution in [-0.4, -0.2) is 69.4 Å². The summed E-state index contributed by atoms with van der Waals surface area (Å²) in [4.78, 5) is 34.8. The molecule has 164 valence electrons. The first kappa shape index (κ1) is 22.7. The molecule has 0 spiro atoms. The minimum Gasteiger partial charge on any atom is -0.465 e. The van der Waals surface area contributed by atoms with Gasteiger partial charge in [0.2, 0.25) is 0 Å². The summed E-state index contributed by atoms with van der Waals surface area (Å²) in [5, 5.41) is 27.3. The number of aromatic nitrogens is 3. The van der Waals surface area contributed by atoms with Gasteiger partial charge in [0, 0.05) is 32.2 Å². The average molecular weight is 433 g/mol.